The zero-order valence-corrected chi connectivity index (χ0v) is 8.56. The molecule has 5 nitrogen and oxygen atoms in total. The van der Waals surface area contributed by atoms with Gasteiger partial charge in [-0.3, -0.25) is 10.1 Å². The van der Waals surface area contributed by atoms with Crippen LogP contribution in [0, 0.1) is 17.0 Å². The normalized spacial score (nSPS) is 15.8. The van der Waals surface area contributed by atoms with Crippen molar-refractivity contribution in [1.29, 1.82) is 0 Å². The van der Waals surface area contributed by atoms with Gasteiger partial charge < -0.3 is 5.32 Å². The van der Waals surface area contributed by atoms with E-state index in [0.29, 0.717) is 6.04 Å². The highest BCUT2D eigenvalue weighted by Gasteiger charge is 2.18. The van der Waals surface area contributed by atoms with E-state index in [0.717, 1.165) is 24.2 Å². The van der Waals surface area contributed by atoms with Gasteiger partial charge in [0, 0.05) is 12.1 Å². The van der Waals surface area contributed by atoms with Gasteiger partial charge in [-0.15, -0.1) is 0 Å². The van der Waals surface area contributed by atoms with Gasteiger partial charge in [-0.2, -0.15) is 0 Å². The van der Waals surface area contributed by atoms with Crippen molar-refractivity contribution in [3.63, 3.8) is 0 Å². The Kier molecular flexibility index (Phi) is 2.53. The number of hydrogen-bond donors (Lipinski definition) is 1. The third-order valence-corrected chi connectivity index (χ3v) is 2.72. The molecule has 1 fully saturated rings. The second-order valence-corrected chi connectivity index (χ2v) is 3.89. The topological polar surface area (TPSA) is 68.1 Å². The molecule has 0 atom stereocenters. The first-order valence-electron chi connectivity index (χ1n) is 5.04. The molecule has 2 rings (SSSR count). The van der Waals surface area contributed by atoms with Gasteiger partial charge in [-0.05, 0) is 31.7 Å². The first kappa shape index (κ1) is 9.89. The van der Waals surface area contributed by atoms with Crippen LogP contribution in [0.1, 0.15) is 24.8 Å². The highest BCUT2D eigenvalue weighted by Crippen LogP contribution is 2.25. The van der Waals surface area contributed by atoms with Crippen molar-refractivity contribution in [1.82, 2.24) is 4.98 Å². The summed E-state index contributed by atoms with van der Waals surface area (Å²) in [6, 6.07) is 2.05. The largest absolute Gasteiger partial charge is 0.367 e. The minimum atomic E-state index is -0.423. The third-order valence-electron chi connectivity index (χ3n) is 2.72. The average Bonchev–Trinajstić information content (AvgIpc) is 2.12. The van der Waals surface area contributed by atoms with Gasteiger partial charge in [0.2, 0.25) is 0 Å². The Morgan fingerprint density at radius 2 is 2.33 bits per heavy atom. The van der Waals surface area contributed by atoms with Gasteiger partial charge in [0.1, 0.15) is 12.0 Å². The van der Waals surface area contributed by atoms with Crippen molar-refractivity contribution in [2.24, 2.45) is 0 Å². The first-order chi connectivity index (χ1) is 7.16. The van der Waals surface area contributed by atoms with E-state index in [1.54, 1.807) is 6.07 Å². The van der Waals surface area contributed by atoms with Crippen molar-refractivity contribution >= 4 is 11.5 Å². The van der Waals surface area contributed by atoms with E-state index in [-0.39, 0.29) is 5.69 Å². The molecule has 1 aliphatic rings. The molecule has 80 valence electrons. The molecule has 0 aliphatic heterocycles. The number of rotatable bonds is 3. The minimum Gasteiger partial charge on any atom is -0.367 e. The van der Waals surface area contributed by atoms with E-state index in [9.17, 15) is 10.1 Å². The van der Waals surface area contributed by atoms with Gasteiger partial charge in [0.05, 0.1) is 4.92 Å². The van der Waals surface area contributed by atoms with Crippen molar-refractivity contribution < 1.29 is 4.92 Å². The highest BCUT2D eigenvalue weighted by molar-refractivity contribution is 5.49. The summed E-state index contributed by atoms with van der Waals surface area (Å²) in [6.07, 6.45) is 4.88. The Bertz CT molecular complexity index is 388. The molecule has 1 aromatic rings. The van der Waals surface area contributed by atoms with E-state index >= 15 is 0 Å². The molecular weight excluding hydrogens is 194 g/mol. The molecule has 1 saturated carbocycles. The number of pyridine rings is 1. The SMILES string of the molecule is Cc1cc([N+](=O)[O-])cnc1NC1CCC1. The summed E-state index contributed by atoms with van der Waals surface area (Å²) in [4.78, 5) is 14.1. The Hall–Kier alpha value is -1.65. The Morgan fingerprint density at radius 3 is 2.80 bits per heavy atom. The lowest BCUT2D eigenvalue weighted by molar-refractivity contribution is -0.385. The van der Waals surface area contributed by atoms with E-state index in [1.807, 2.05) is 6.92 Å². The van der Waals surface area contributed by atoms with E-state index in [4.69, 9.17) is 0 Å². The molecule has 0 saturated heterocycles. The Labute approximate surface area is 87.7 Å². The lowest BCUT2D eigenvalue weighted by Crippen LogP contribution is -2.27. The van der Waals surface area contributed by atoms with Crippen LogP contribution >= 0.6 is 0 Å². The predicted octanol–water partition coefficient (Wildman–Crippen LogP) is 2.26. The fraction of sp³-hybridized carbons (Fsp3) is 0.500. The van der Waals surface area contributed by atoms with Crippen LogP contribution in [0.2, 0.25) is 0 Å². The van der Waals surface area contributed by atoms with E-state index in [2.05, 4.69) is 10.3 Å². The van der Waals surface area contributed by atoms with Crippen LogP contribution in [0.3, 0.4) is 0 Å². The summed E-state index contributed by atoms with van der Waals surface area (Å²) in [5.74, 6) is 0.769. The van der Waals surface area contributed by atoms with Crippen molar-refractivity contribution in [3.05, 3.63) is 27.9 Å². The molecule has 1 heterocycles. The minimum absolute atomic E-state index is 0.0478. The first-order valence-corrected chi connectivity index (χ1v) is 5.04. The van der Waals surface area contributed by atoms with E-state index in [1.165, 1.54) is 12.6 Å². The smallest absolute Gasteiger partial charge is 0.287 e. The van der Waals surface area contributed by atoms with Crippen molar-refractivity contribution in [2.45, 2.75) is 32.2 Å². The van der Waals surface area contributed by atoms with Crippen LogP contribution in [-0.4, -0.2) is 15.9 Å². The number of nitro groups is 1. The van der Waals surface area contributed by atoms with Crippen LogP contribution < -0.4 is 5.32 Å². The maximum absolute atomic E-state index is 10.5. The molecule has 0 radical (unpaired) electrons. The maximum atomic E-state index is 10.5. The summed E-state index contributed by atoms with van der Waals surface area (Å²) >= 11 is 0. The predicted molar refractivity (Wildman–Crippen MR) is 56.9 cm³/mol. The number of aryl methyl sites for hydroxylation is 1. The van der Waals surface area contributed by atoms with Crippen molar-refractivity contribution in [3.8, 4) is 0 Å². The van der Waals surface area contributed by atoms with Gasteiger partial charge in [0.25, 0.3) is 5.69 Å². The highest BCUT2D eigenvalue weighted by atomic mass is 16.6. The number of aromatic nitrogens is 1. The van der Waals surface area contributed by atoms with Crippen LogP contribution in [0.4, 0.5) is 11.5 Å². The van der Waals surface area contributed by atoms with Crippen molar-refractivity contribution in [2.75, 3.05) is 5.32 Å². The Morgan fingerprint density at radius 1 is 1.60 bits per heavy atom. The molecule has 15 heavy (non-hydrogen) atoms. The zero-order chi connectivity index (χ0) is 10.8. The molecule has 5 heteroatoms. The second kappa shape index (κ2) is 3.84. The van der Waals surface area contributed by atoms with E-state index < -0.39 is 4.92 Å². The van der Waals surface area contributed by atoms with Crippen LogP contribution in [0.5, 0.6) is 0 Å². The standard InChI is InChI=1S/C10H13N3O2/c1-7-5-9(13(14)15)6-11-10(7)12-8-3-2-4-8/h5-6,8H,2-4H2,1H3,(H,11,12). The van der Waals surface area contributed by atoms with Gasteiger partial charge >= 0.3 is 0 Å². The van der Waals surface area contributed by atoms with Gasteiger partial charge in [-0.25, -0.2) is 4.98 Å². The molecule has 0 unspecified atom stereocenters. The number of nitrogens with one attached hydrogen (secondary N) is 1. The zero-order valence-electron chi connectivity index (χ0n) is 8.56. The lowest BCUT2D eigenvalue weighted by atomic mass is 9.93. The summed E-state index contributed by atoms with van der Waals surface area (Å²) in [5, 5.41) is 13.8. The summed E-state index contributed by atoms with van der Waals surface area (Å²) < 4.78 is 0. The second-order valence-electron chi connectivity index (χ2n) is 3.89. The van der Waals surface area contributed by atoms with Crippen LogP contribution in [0.25, 0.3) is 0 Å². The molecular formula is C10H13N3O2. The Balaban J connectivity index is 2.14. The molecule has 0 aromatic carbocycles. The van der Waals surface area contributed by atoms with Crippen LogP contribution in [-0.2, 0) is 0 Å². The molecule has 1 aromatic heterocycles. The summed E-state index contributed by atoms with van der Waals surface area (Å²) in [6.45, 7) is 1.83. The third kappa shape index (κ3) is 2.06. The number of nitrogens with zero attached hydrogens (tertiary/aromatic N) is 2. The van der Waals surface area contributed by atoms with Gasteiger partial charge in [0.15, 0.2) is 0 Å². The molecule has 0 amide bonds. The fourth-order valence-corrected chi connectivity index (χ4v) is 1.56. The quantitative estimate of drug-likeness (QED) is 0.609. The number of anilines is 1. The molecule has 1 aliphatic carbocycles. The molecule has 1 N–H and O–H groups in total. The molecule has 0 spiro atoms. The summed E-state index contributed by atoms with van der Waals surface area (Å²) in [5.41, 5.74) is 0.878. The number of hydrogen-bond acceptors (Lipinski definition) is 4. The van der Waals surface area contributed by atoms with Gasteiger partial charge in [-0.1, -0.05) is 0 Å². The van der Waals surface area contributed by atoms with Crippen LogP contribution in [0.15, 0.2) is 12.3 Å². The fourth-order valence-electron chi connectivity index (χ4n) is 1.56. The monoisotopic (exact) mass is 207 g/mol. The summed E-state index contributed by atoms with van der Waals surface area (Å²) in [7, 11) is 0. The molecule has 0 bridgehead atoms. The average molecular weight is 207 g/mol. The lowest BCUT2D eigenvalue weighted by Gasteiger charge is -2.27. The maximum Gasteiger partial charge on any atom is 0.287 e.